The van der Waals surface area contributed by atoms with Crippen molar-refractivity contribution in [1.82, 2.24) is 4.90 Å². The molecule has 5 nitrogen and oxygen atoms in total. The van der Waals surface area contributed by atoms with E-state index in [1.165, 1.54) is 64.2 Å². The first kappa shape index (κ1) is 34.0. The van der Waals surface area contributed by atoms with Crippen LogP contribution in [0, 0.1) is 46.3 Å². The lowest BCUT2D eigenvalue weighted by molar-refractivity contribution is -0.152. The summed E-state index contributed by atoms with van der Waals surface area (Å²) in [6, 6.07) is 0. The number of nitrogens with zero attached hydrogens (tertiary/aromatic N) is 1. The molecule has 242 valence electrons. The molecule has 0 heterocycles. The van der Waals surface area contributed by atoms with Gasteiger partial charge in [-0.25, -0.2) is 0 Å². The first-order chi connectivity index (χ1) is 20.2. The van der Waals surface area contributed by atoms with Crippen molar-refractivity contribution in [3.63, 3.8) is 0 Å². The van der Waals surface area contributed by atoms with Gasteiger partial charge in [-0.15, -0.1) is 0 Å². The van der Waals surface area contributed by atoms with Crippen molar-refractivity contribution >= 4 is 5.97 Å². The Morgan fingerprint density at radius 1 is 1.00 bits per heavy atom. The van der Waals surface area contributed by atoms with Crippen molar-refractivity contribution < 1.29 is 9.53 Å². The third-order valence-electron chi connectivity index (χ3n) is 13.1. The minimum absolute atomic E-state index is 0.0382. The second-order valence-electron chi connectivity index (χ2n) is 15.7. The predicted molar refractivity (Wildman–Crippen MR) is 176 cm³/mol. The molecule has 0 aromatic rings. The number of nitrogens with two attached hydrogens (primary N) is 2. The normalized spacial score (nSPS) is 35.0. The van der Waals surface area contributed by atoms with Gasteiger partial charge < -0.3 is 16.2 Å². The van der Waals surface area contributed by atoms with Gasteiger partial charge in [0.25, 0.3) is 0 Å². The molecule has 7 unspecified atom stereocenters. The van der Waals surface area contributed by atoms with Gasteiger partial charge in [0.05, 0.1) is 6.54 Å². The first-order valence-electron chi connectivity index (χ1n) is 18.2. The van der Waals surface area contributed by atoms with E-state index >= 15 is 0 Å². The number of rotatable bonds is 16. The molecule has 0 aliphatic heterocycles. The molecule has 0 aromatic heterocycles. The number of carbonyl (C=O) groups excluding carboxylic acids is 1. The van der Waals surface area contributed by atoms with Crippen LogP contribution in [-0.4, -0.2) is 49.7 Å². The fraction of sp³-hybridized carbons (Fsp3) is 0.919. The van der Waals surface area contributed by atoms with Crippen molar-refractivity contribution in [2.45, 2.75) is 137 Å². The number of fused-ring (bicyclic) bond motifs is 5. The van der Waals surface area contributed by atoms with E-state index in [1.54, 1.807) is 5.57 Å². The highest BCUT2D eigenvalue weighted by atomic mass is 16.5. The zero-order valence-electron chi connectivity index (χ0n) is 28.2. The monoisotopic (exact) mass is 586 g/mol. The van der Waals surface area contributed by atoms with Gasteiger partial charge in [-0.1, -0.05) is 65.5 Å². The van der Waals surface area contributed by atoms with Gasteiger partial charge in [0.15, 0.2) is 0 Å². The minimum Gasteiger partial charge on any atom is -0.461 e. The summed E-state index contributed by atoms with van der Waals surface area (Å²) in [6.45, 7) is 15.9. The molecular weight excluding hydrogens is 518 g/mol. The lowest BCUT2D eigenvalue weighted by Crippen LogP contribution is -2.50. The molecule has 3 saturated carbocycles. The lowest BCUT2D eigenvalue weighted by atomic mass is 9.47. The predicted octanol–water partition coefficient (Wildman–Crippen LogP) is 7.72. The van der Waals surface area contributed by atoms with Crippen molar-refractivity contribution in [2.75, 3.05) is 32.7 Å². The fourth-order valence-electron chi connectivity index (χ4n) is 10.4. The van der Waals surface area contributed by atoms with Crippen molar-refractivity contribution in [1.29, 1.82) is 0 Å². The number of hydrogen-bond donors (Lipinski definition) is 2. The largest absolute Gasteiger partial charge is 0.461 e. The van der Waals surface area contributed by atoms with Crippen LogP contribution in [0.1, 0.15) is 131 Å². The van der Waals surface area contributed by atoms with E-state index in [0.717, 1.165) is 80.7 Å². The maximum Gasteiger partial charge on any atom is 0.320 e. The Morgan fingerprint density at radius 2 is 1.76 bits per heavy atom. The van der Waals surface area contributed by atoms with E-state index in [4.69, 9.17) is 16.2 Å². The summed E-state index contributed by atoms with van der Waals surface area (Å²) in [5, 5.41) is 0. The van der Waals surface area contributed by atoms with Crippen molar-refractivity contribution in [2.24, 2.45) is 57.8 Å². The van der Waals surface area contributed by atoms with Gasteiger partial charge in [-0.3, -0.25) is 9.69 Å². The van der Waals surface area contributed by atoms with E-state index in [-0.39, 0.29) is 12.1 Å². The number of allylic oxidation sites excluding steroid dienone is 1. The van der Waals surface area contributed by atoms with Crippen LogP contribution in [0.2, 0.25) is 0 Å². The summed E-state index contributed by atoms with van der Waals surface area (Å²) < 4.78 is 6.14. The Balaban J connectivity index is 1.32. The second kappa shape index (κ2) is 15.4. The van der Waals surface area contributed by atoms with Crippen LogP contribution in [0.25, 0.3) is 0 Å². The quantitative estimate of drug-likeness (QED) is 0.110. The van der Waals surface area contributed by atoms with E-state index < -0.39 is 0 Å². The van der Waals surface area contributed by atoms with Gasteiger partial charge in [-0.05, 0) is 143 Å². The average molecular weight is 586 g/mol. The molecule has 0 bridgehead atoms. The molecule has 0 aromatic carbocycles. The third kappa shape index (κ3) is 7.65. The molecule has 4 aliphatic carbocycles. The van der Waals surface area contributed by atoms with Crippen molar-refractivity contribution in [3.8, 4) is 0 Å². The number of carbonyl (C=O) groups is 1. The van der Waals surface area contributed by atoms with Crippen LogP contribution >= 0.6 is 0 Å². The number of hydrogen-bond acceptors (Lipinski definition) is 5. The highest BCUT2D eigenvalue weighted by Crippen LogP contribution is 2.66. The summed E-state index contributed by atoms with van der Waals surface area (Å²) >= 11 is 0. The Morgan fingerprint density at radius 3 is 2.48 bits per heavy atom. The summed E-state index contributed by atoms with van der Waals surface area (Å²) in [5.74, 6) is 5.15. The smallest absolute Gasteiger partial charge is 0.320 e. The highest BCUT2D eigenvalue weighted by Gasteiger charge is 2.58. The Labute approximate surface area is 259 Å². The van der Waals surface area contributed by atoms with Gasteiger partial charge in [0.2, 0.25) is 0 Å². The summed E-state index contributed by atoms with van der Waals surface area (Å²) in [6.07, 6.45) is 21.3. The van der Waals surface area contributed by atoms with E-state index in [2.05, 4.69) is 45.6 Å². The SMILES string of the molecule is CCC(CCCC1CCC2C3CC=C4CC(OC(=O)CN(CCCN)CCCCN)CCC4(C)C3CC[C@]12C)C(C)C. The van der Waals surface area contributed by atoms with Crippen molar-refractivity contribution in [3.05, 3.63) is 11.6 Å². The molecule has 0 spiro atoms. The van der Waals surface area contributed by atoms with Crippen LogP contribution in [0.3, 0.4) is 0 Å². The van der Waals surface area contributed by atoms with E-state index in [0.29, 0.717) is 30.5 Å². The highest BCUT2D eigenvalue weighted by molar-refractivity contribution is 5.72. The Bertz CT molecular complexity index is 888. The summed E-state index contributed by atoms with van der Waals surface area (Å²) in [7, 11) is 0. The molecule has 4 rings (SSSR count). The van der Waals surface area contributed by atoms with Gasteiger partial charge in [0.1, 0.15) is 6.10 Å². The molecule has 8 atom stereocenters. The lowest BCUT2D eigenvalue weighted by Gasteiger charge is -2.58. The minimum atomic E-state index is -0.0632. The summed E-state index contributed by atoms with van der Waals surface area (Å²) in [5.41, 5.74) is 13.9. The van der Waals surface area contributed by atoms with Gasteiger partial charge in [0, 0.05) is 6.42 Å². The van der Waals surface area contributed by atoms with E-state index in [1.807, 2.05) is 0 Å². The van der Waals surface area contributed by atoms with E-state index in [9.17, 15) is 4.79 Å². The number of unbranched alkanes of at least 4 members (excludes halogenated alkanes) is 1. The average Bonchev–Trinajstić information content (AvgIpc) is 3.30. The molecule has 5 heteroatoms. The molecule has 3 fully saturated rings. The first-order valence-corrected chi connectivity index (χ1v) is 18.2. The van der Waals surface area contributed by atoms with Crippen LogP contribution in [0.5, 0.6) is 0 Å². The Kier molecular flexibility index (Phi) is 12.4. The maximum absolute atomic E-state index is 13.0. The zero-order chi connectivity index (χ0) is 30.3. The molecule has 0 saturated heterocycles. The molecule has 4 N–H and O–H groups in total. The van der Waals surface area contributed by atoms with Crippen LogP contribution < -0.4 is 11.5 Å². The zero-order valence-corrected chi connectivity index (χ0v) is 28.2. The maximum atomic E-state index is 13.0. The molecule has 4 aliphatic rings. The molecule has 0 amide bonds. The van der Waals surface area contributed by atoms with Crippen LogP contribution in [0.4, 0.5) is 0 Å². The molecular formula is C37H67N3O2. The van der Waals surface area contributed by atoms with Crippen LogP contribution in [-0.2, 0) is 9.53 Å². The van der Waals surface area contributed by atoms with Gasteiger partial charge in [-0.2, -0.15) is 0 Å². The third-order valence-corrected chi connectivity index (χ3v) is 13.1. The van der Waals surface area contributed by atoms with Gasteiger partial charge >= 0.3 is 5.97 Å². The number of esters is 1. The molecule has 42 heavy (non-hydrogen) atoms. The topological polar surface area (TPSA) is 81.6 Å². The summed E-state index contributed by atoms with van der Waals surface area (Å²) in [4.78, 5) is 15.2. The standard InChI is InChI=1S/C37H67N3O2/c1-6-28(27(2)3)11-9-12-29-14-16-33-32-15-13-30-25-31(17-19-37(30,5)34(32)18-20-36(29,33)4)42-35(41)26-40(24-10-22-39)23-8-7-21-38/h13,27-29,31-34H,6-12,14-26,38-39H2,1-5H3/t28?,29?,31?,32?,33?,34?,36-,37?/m1/s1. The Hall–Kier alpha value is -0.910. The van der Waals surface area contributed by atoms with Crippen LogP contribution in [0.15, 0.2) is 11.6 Å². The fourth-order valence-corrected chi connectivity index (χ4v) is 10.4. The second-order valence-corrected chi connectivity index (χ2v) is 15.7. The molecule has 0 radical (unpaired) electrons. The number of ether oxygens (including phenoxy) is 1.